The van der Waals surface area contributed by atoms with Crippen LogP contribution in [0, 0.1) is 0 Å². The molecule has 3 aromatic carbocycles. The van der Waals surface area contributed by atoms with Crippen LogP contribution in [0.3, 0.4) is 0 Å². The highest BCUT2D eigenvalue weighted by Gasteiger charge is 2.28. The molecule has 0 bridgehead atoms. The normalized spacial score (nSPS) is 11.2. The molecule has 9 heteroatoms. The molecule has 0 spiro atoms. The molecule has 37 heavy (non-hydrogen) atoms. The number of anilines is 1. The Morgan fingerprint density at radius 3 is 2.32 bits per heavy atom. The van der Waals surface area contributed by atoms with Gasteiger partial charge in [-0.15, -0.1) is 0 Å². The average Bonchev–Trinajstić information content (AvgIpc) is 2.89. The molecule has 0 aromatic heterocycles. The van der Waals surface area contributed by atoms with E-state index in [0.29, 0.717) is 30.2 Å². The molecule has 0 atom stereocenters. The number of hydrogen-bond acceptors (Lipinski definition) is 6. The third kappa shape index (κ3) is 7.63. The Bertz CT molecular complexity index is 1280. The third-order valence-corrected chi connectivity index (χ3v) is 7.30. The van der Waals surface area contributed by atoms with Gasteiger partial charge in [0.05, 0.1) is 30.9 Å². The molecule has 0 fully saturated rings. The van der Waals surface area contributed by atoms with Gasteiger partial charge in [0.1, 0.15) is 12.3 Å². The summed E-state index contributed by atoms with van der Waals surface area (Å²) < 4.78 is 44.4. The van der Waals surface area contributed by atoms with Crippen LogP contribution in [0.15, 0.2) is 77.7 Å². The van der Waals surface area contributed by atoms with E-state index in [1.54, 1.807) is 36.4 Å². The second-order valence-corrected chi connectivity index (χ2v) is 10.5. The van der Waals surface area contributed by atoms with Gasteiger partial charge < -0.3 is 19.5 Å². The molecular weight excluding hydrogens is 492 g/mol. The molecule has 3 aromatic rings. The van der Waals surface area contributed by atoms with Gasteiger partial charge in [-0.3, -0.25) is 9.10 Å². The van der Waals surface area contributed by atoms with Crippen molar-refractivity contribution in [3.8, 4) is 17.2 Å². The van der Waals surface area contributed by atoms with Gasteiger partial charge in [-0.1, -0.05) is 30.3 Å². The van der Waals surface area contributed by atoms with Crippen LogP contribution in [-0.2, 0) is 21.2 Å². The zero-order valence-corrected chi connectivity index (χ0v) is 22.5. The molecule has 0 aliphatic heterocycles. The molecule has 3 rings (SSSR count). The second kappa shape index (κ2) is 13.0. The maximum Gasteiger partial charge on any atom is 0.264 e. The van der Waals surface area contributed by atoms with Gasteiger partial charge in [0.25, 0.3) is 10.0 Å². The third-order valence-electron chi connectivity index (χ3n) is 5.51. The molecule has 0 saturated carbocycles. The van der Waals surface area contributed by atoms with Crippen LogP contribution in [0.25, 0.3) is 0 Å². The first-order valence-electron chi connectivity index (χ1n) is 12.1. The number of sulfonamides is 1. The van der Waals surface area contributed by atoms with E-state index in [2.05, 4.69) is 5.32 Å². The van der Waals surface area contributed by atoms with Crippen molar-refractivity contribution in [1.82, 2.24) is 5.32 Å². The molecule has 0 aliphatic carbocycles. The number of methoxy groups -OCH3 is 2. The summed E-state index contributed by atoms with van der Waals surface area (Å²) in [4.78, 5) is 13.0. The summed E-state index contributed by atoms with van der Waals surface area (Å²) in [5.74, 6) is 1.22. The quantitative estimate of drug-likeness (QED) is 0.331. The highest BCUT2D eigenvalue weighted by atomic mass is 32.2. The summed E-state index contributed by atoms with van der Waals surface area (Å²) in [5, 5.41) is 2.84. The Balaban J connectivity index is 1.71. The fraction of sp³-hybridized carbons (Fsp3) is 0.321. The Morgan fingerprint density at radius 1 is 0.919 bits per heavy atom. The first kappa shape index (κ1) is 27.9. The van der Waals surface area contributed by atoms with E-state index in [1.807, 2.05) is 38.1 Å². The van der Waals surface area contributed by atoms with Crippen molar-refractivity contribution in [3.05, 3.63) is 78.4 Å². The van der Waals surface area contributed by atoms with Gasteiger partial charge in [-0.25, -0.2) is 8.42 Å². The lowest BCUT2D eigenvalue weighted by Gasteiger charge is -2.25. The number of carbonyl (C=O) groups is 1. The summed E-state index contributed by atoms with van der Waals surface area (Å²) in [6.07, 6.45) is 1.53. The van der Waals surface area contributed by atoms with Crippen LogP contribution in [-0.4, -0.2) is 47.7 Å². The minimum Gasteiger partial charge on any atom is -0.493 e. The zero-order valence-electron chi connectivity index (χ0n) is 21.6. The van der Waals surface area contributed by atoms with Crippen LogP contribution >= 0.6 is 0 Å². The van der Waals surface area contributed by atoms with Gasteiger partial charge in [-0.05, 0) is 68.7 Å². The number of carbonyl (C=O) groups excluding carboxylic acids is 1. The summed E-state index contributed by atoms with van der Waals surface area (Å²) in [7, 11) is -1.06. The standard InChI is InChI=1S/C28H34N2O6S/c1-21(2)36-24-12-8-10-22(18-24)11-9-17-29-28(31)20-30(37(32,33)25-13-6-5-7-14-25)23-15-16-26(34-3)27(19-23)35-4/h5-8,10,12-16,18-19,21H,9,11,17,20H2,1-4H3,(H,29,31). The number of nitrogens with zero attached hydrogens (tertiary/aromatic N) is 1. The van der Waals surface area contributed by atoms with Gasteiger partial charge in [-0.2, -0.15) is 0 Å². The van der Waals surface area contributed by atoms with Crippen molar-refractivity contribution >= 4 is 21.6 Å². The number of amides is 1. The van der Waals surface area contributed by atoms with Crippen molar-refractivity contribution in [2.24, 2.45) is 0 Å². The van der Waals surface area contributed by atoms with E-state index < -0.39 is 15.9 Å². The first-order valence-corrected chi connectivity index (χ1v) is 13.5. The van der Waals surface area contributed by atoms with E-state index in [0.717, 1.165) is 22.0 Å². The lowest BCUT2D eigenvalue weighted by Crippen LogP contribution is -2.41. The molecule has 198 valence electrons. The van der Waals surface area contributed by atoms with Gasteiger partial charge >= 0.3 is 0 Å². The first-order chi connectivity index (χ1) is 17.7. The number of aryl methyl sites for hydroxylation is 1. The maximum absolute atomic E-state index is 13.5. The van der Waals surface area contributed by atoms with Crippen molar-refractivity contribution < 1.29 is 27.4 Å². The molecule has 1 N–H and O–H groups in total. The Kier molecular flexibility index (Phi) is 9.79. The summed E-state index contributed by atoms with van der Waals surface area (Å²) in [6.45, 7) is 3.97. The SMILES string of the molecule is COc1ccc(N(CC(=O)NCCCc2cccc(OC(C)C)c2)S(=O)(=O)c2ccccc2)cc1OC. The molecule has 0 radical (unpaired) electrons. The number of nitrogens with one attached hydrogen (secondary N) is 1. The fourth-order valence-corrected chi connectivity index (χ4v) is 5.20. The Hall–Kier alpha value is -3.72. The lowest BCUT2D eigenvalue weighted by atomic mass is 10.1. The van der Waals surface area contributed by atoms with Crippen molar-refractivity contribution in [3.63, 3.8) is 0 Å². The minimum atomic E-state index is -4.02. The summed E-state index contributed by atoms with van der Waals surface area (Å²) in [5.41, 5.74) is 1.39. The highest BCUT2D eigenvalue weighted by Crippen LogP contribution is 2.33. The molecule has 1 amide bonds. The molecule has 8 nitrogen and oxygen atoms in total. The average molecular weight is 527 g/mol. The lowest BCUT2D eigenvalue weighted by molar-refractivity contribution is -0.119. The van der Waals surface area contributed by atoms with Crippen molar-refractivity contribution in [2.75, 3.05) is 31.6 Å². The van der Waals surface area contributed by atoms with Crippen LogP contribution in [0.5, 0.6) is 17.2 Å². The molecule has 0 heterocycles. The van der Waals surface area contributed by atoms with E-state index in [4.69, 9.17) is 14.2 Å². The van der Waals surface area contributed by atoms with E-state index in [1.165, 1.54) is 26.4 Å². The number of hydrogen-bond donors (Lipinski definition) is 1. The van der Waals surface area contributed by atoms with Gasteiger partial charge in [0, 0.05) is 12.6 Å². The largest absolute Gasteiger partial charge is 0.493 e. The number of rotatable bonds is 13. The van der Waals surface area contributed by atoms with Crippen LogP contribution in [0.1, 0.15) is 25.8 Å². The number of ether oxygens (including phenoxy) is 3. The predicted octanol–water partition coefficient (Wildman–Crippen LogP) is 4.44. The predicted molar refractivity (Wildman–Crippen MR) is 144 cm³/mol. The molecule has 0 unspecified atom stereocenters. The summed E-state index contributed by atoms with van der Waals surface area (Å²) in [6, 6.07) is 20.6. The molecule has 0 saturated heterocycles. The monoisotopic (exact) mass is 526 g/mol. The van der Waals surface area contributed by atoms with Crippen LogP contribution in [0.4, 0.5) is 5.69 Å². The molecular formula is C28H34N2O6S. The van der Waals surface area contributed by atoms with E-state index in [9.17, 15) is 13.2 Å². The van der Waals surface area contributed by atoms with Crippen molar-refractivity contribution in [2.45, 2.75) is 37.7 Å². The minimum absolute atomic E-state index is 0.0843. The highest BCUT2D eigenvalue weighted by molar-refractivity contribution is 7.92. The van der Waals surface area contributed by atoms with Crippen LogP contribution < -0.4 is 23.8 Å². The summed E-state index contributed by atoms with van der Waals surface area (Å²) >= 11 is 0. The van der Waals surface area contributed by atoms with Crippen molar-refractivity contribution in [1.29, 1.82) is 0 Å². The molecule has 0 aliphatic rings. The smallest absolute Gasteiger partial charge is 0.264 e. The van der Waals surface area contributed by atoms with E-state index in [-0.39, 0.29) is 17.5 Å². The van der Waals surface area contributed by atoms with E-state index >= 15 is 0 Å². The second-order valence-electron chi connectivity index (χ2n) is 8.63. The fourth-order valence-electron chi connectivity index (χ4n) is 3.77. The van der Waals surface area contributed by atoms with Gasteiger partial charge in [0.15, 0.2) is 11.5 Å². The topological polar surface area (TPSA) is 94.2 Å². The van der Waals surface area contributed by atoms with Crippen LogP contribution in [0.2, 0.25) is 0 Å². The maximum atomic E-state index is 13.5. The van der Waals surface area contributed by atoms with Gasteiger partial charge in [0.2, 0.25) is 5.91 Å². The Labute approximate surface area is 219 Å². The Morgan fingerprint density at radius 2 is 1.65 bits per heavy atom. The zero-order chi connectivity index (χ0) is 26.8. The number of benzene rings is 3.